The van der Waals surface area contributed by atoms with Crippen LogP contribution in [0.25, 0.3) is 5.69 Å². The van der Waals surface area contributed by atoms with Crippen LogP contribution in [0.15, 0.2) is 66.9 Å². The van der Waals surface area contributed by atoms with Gasteiger partial charge in [0, 0.05) is 31.0 Å². The zero-order valence-corrected chi connectivity index (χ0v) is 24.7. The Kier molecular flexibility index (Phi) is 8.04. The zero-order chi connectivity index (χ0) is 31.8. The number of carboxylic acid groups (broad SMARTS) is 1. The zero-order valence-electron chi connectivity index (χ0n) is 24.0. The molecule has 0 radical (unpaired) electrons. The summed E-state index contributed by atoms with van der Waals surface area (Å²) in [6.07, 6.45) is 1.62. The lowest BCUT2D eigenvalue weighted by molar-refractivity contribution is -0.121. The molecule has 1 unspecified atom stereocenters. The molecule has 1 fully saturated rings. The molecular formula is C31H27ClFN7O5. The topological polar surface area (TPSA) is 141 Å². The van der Waals surface area contributed by atoms with Crippen molar-refractivity contribution in [2.24, 2.45) is 0 Å². The van der Waals surface area contributed by atoms with Gasteiger partial charge < -0.3 is 20.2 Å². The summed E-state index contributed by atoms with van der Waals surface area (Å²) in [5.41, 5.74) is 2.25. The molecule has 0 aliphatic carbocycles. The fourth-order valence-electron chi connectivity index (χ4n) is 5.65. The standard InChI is InChI=1S/C31H27ClFN7O5/c1-37-14-15-38(26(41)17-37)24-6-2-4-21-20(24)12-13-39(28(21)29(42)34-19-10-8-18(9-11-19)31(44)45)30(43)23-16-40(36-35-23)25-7-3-5-22(32)27(25)33/h2-11,16,28H,12-15,17H2,1H3,(H,34,42)(H,44,45). The van der Waals surface area contributed by atoms with Crippen LogP contribution in [0, 0.1) is 5.82 Å². The number of piperazine rings is 1. The van der Waals surface area contributed by atoms with Gasteiger partial charge in [0.25, 0.3) is 11.8 Å². The minimum absolute atomic E-state index is 0.00127. The van der Waals surface area contributed by atoms with E-state index in [4.69, 9.17) is 11.6 Å². The highest BCUT2D eigenvalue weighted by Crippen LogP contribution is 2.37. The van der Waals surface area contributed by atoms with Gasteiger partial charge in [0.15, 0.2) is 11.5 Å². The molecule has 3 heterocycles. The summed E-state index contributed by atoms with van der Waals surface area (Å²) in [5.74, 6) is -3.08. The van der Waals surface area contributed by atoms with Crippen LogP contribution in [0.3, 0.4) is 0 Å². The highest BCUT2D eigenvalue weighted by atomic mass is 35.5. The Morgan fingerprint density at radius 1 is 1.00 bits per heavy atom. The second kappa shape index (κ2) is 12.1. The number of aromatic carboxylic acids is 1. The van der Waals surface area contributed by atoms with Gasteiger partial charge in [-0.3, -0.25) is 19.3 Å². The van der Waals surface area contributed by atoms with Gasteiger partial charge in [-0.2, -0.15) is 0 Å². The number of fused-ring (bicyclic) bond motifs is 1. The smallest absolute Gasteiger partial charge is 0.335 e. The van der Waals surface area contributed by atoms with Crippen molar-refractivity contribution in [2.45, 2.75) is 12.5 Å². The number of carbonyl (C=O) groups excluding carboxylic acids is 3. The van der Waals surface area contributed by atoms with E-state index in [0.29, 0.717) is 36.4 Å². The molecule has 3 aromatic carbocycles. The molecular weight excluding hydrogens is 605 g/mol. The molecule has 6 rings (SSSR count). The summed E-state index contributed by atoms with van der Waals surface area (Å²) < 4.78 is 15.8. The van der Waals surface area contributed by atoms with Crippen LogP contribution in [0.2, 0.25) is 5.02 Å². The number of aromatic nitrogens is 3. The summed E-state index contributed by atoms with van der Waals surface area (Å²) >= 11 is 5.92. The largest absolute Gasteiger partial charge is 0.478 e. The van der Waals surface area contributed by atoms with Crippen LogP contribution >= 0.6 is 11.6 Å². The number of amides is 3. The summed E-state index contributed by atoms with van der Waals surface area (Å²) in [7, 11) is 1.87. The van der Waals surface area contributed by atoms with E-state index in [2.05, 4.69) is 15.6 Å². The number of halogens is 2. The summed E-state index contributed by atoms with van der Waals surface area (Å²) in [6, 6.07) is 14.2. The first kappa shape index (κ1) is 29.9. The number of hydrogen-bond donors (Lipinski definition) is 2. The number of nitrogens with zero attached hydrogens (tertiary/aromatic N) is 6. The van der Waals surface area contributed by atoms with Crippen LogP contribution in [0.1, 0.15) is 38.0 Å². The third-order valence-electron chi connectivity index (χ3n) is 7.90. The van der Waals surface area contributed by atoms with Gasteiger partial charge in [-0.05, 0) is 67.1 Å². The van der Waals surface area contributed by atoms with Crippen molar-refractivity contribution in [1.82, 2.24) is 24.8 Å². The Bertz CT molecular complexity index is 1830. The number of nitrogens with one attached hydrogen (secondary N) is 1. The van der Waals surface area contributed by atoms with Crippen molar-refractivity contribution in [1.29, 1.82) is 0 Å². The van der Waals surface area contributed by atoms with Gasteiger partial charge >= 0.3 is 5.97 Å². The normalized spacial score (nSPS) is 16.8. The molecule has 1 aromatic heterocycles. The summed E-state index contributed by atoms with van der Waals surface area (Å²) in [5, 5.41) is 19.8. The van der Waals surface area contributed by atoms with Crippen LogP contribution in [0.5, 0.6) is 0 Å². The lowest BCUT2D eigenvalue weighted by Gasteiger charge is -2.39. The number of carbonyl (C=O) groups is 4. The van der Waals surface area contributed by atoms with E-state index < -0.39 is 29.6 Å². The number of hydrogen-bond acceptors (Lipinski definition) is 7. The first-order valence-corrected chi connectivity index (χ1v) is 14.4. The van der Waals surface area contributed by atoms with Gasteiger partial charge in [0.2, 0.25) is 5.91 Å². The lowest BCUT2D eigenvalue weighted by atomic mass is 9.89. The molecule has 1 atom stereocenters. The number of rotatable bonds is 6. The van der Waals surface area contributed by atoms with Crippen molar-refractivity contribution in [3.63, 3.8) is 0 Å². The maximum absolute atomic E-state index is 14.7. The Hall–Kier alpha value is -5.14. The van der Waals surface area contributed by atoms with Crippen molar-refractivity contribution in [2.75, 3.05) is 43.4 Å². The minimum Gasteiger partial charge on any atom is -0.478 e. The summed E-state index contributed by atoms with van der Waals surface area (Å²) in [4.78, 5) is 57.2. The molecule has 230 valence electrons. The number of carboxylic acids is 1. The maximum atomic E-state index is 14.7. The fourth-order valence-corrected chi connectivity index (χ4v) is 5.82. The van der Waals surface area contributed by atoms with Gasteiger partial charge in [0.05, 0.1) is 23.3 Å². The number of likely N-dealkylation sites (N-methyl/N-ethyl adjacent to an activating group) is 1. The second-order valence-corrected chi connectivity index (χ2v) is 11.2. The monoisotopic (exact) mass is 631 g/mol. The molecule has 2 aliphatic heterocycles. The second-order valence-electron chi connectivity index (χ2n) is 10.8. The average molecular weight is 632 g/mol. The highest BCUT2D eigenvalue weighted by molar-refractivity contribution is 6.30. The molecule has 2 N–H and O–H groups in total. The average Bonchev–Trinajstić information content (AvgIpc) is 3.51. The third-order valence-corrected chi connectivity index (χ3v) is 8.19. The van der Waals surface area contributed by atoms with Crippen molar-refractivity contribution in [3.05, 3.63) is 100 Å². The van der Waals surface area contributed by atoms with E-state index in [1.54, 1.807) is 17.0 Å². The Balaban J connectivity index is 1.37. The maximum Gasteiger partial charge on any atom is 0.335 e. The predicted molar refractivity (Wildman–Crippen MR) is 162 cm³/mol. The van der Waals surface area contributed by atoms with E-state index in [9.17, 15) is 28.7 Å². The van der Waals surface area contributed by atoms with Crippen LogP contribution in [0.4, 0.5) is 15.8 Å². The Labute approximate surface area is 261 Å². The van der Waals surface area contributed by atoms with E-state index in [1.165, 1.54) is 53.6 Å². The Morgan fingerprint density at radius 2 is 1.73 bits per heavy atom. The molecule has 0 saturated carbocycles. The molecule has 45 heavy (non-hydrogen) atoms. The van der Waals surface area contributed by atoms with Crippen LogP contribution < -0.4 is 10.2 Å². The quantitative estimate of drug-likeness (QED) is 0.330. The predicted octanol–water partition coefficient (Wildman–Crippen LogP) is 3.41. The van der Waals surface area contributed by atoms with Gasteiger partial charge in [0.1, 0.15) is 11.7 Å². The molecule has 0 spiro atoms. The van der Waals surface area contributed by atoms with Crippen molar-refractivity contribution >= 4 is 46.7 Å². The molecule has 4 aromatic rings. The van der Waals surface area contributed by atoms with E-state index >= 15 is 0 Å². The lowest BCUT2D eigenvalue weighted by Crippen LogP contribution is -2.50. The van der Waals surface area contributed by atoms with E-state index in [-0.39, 0.29) is 41.0 Å². The first-order valence-electron chi connectivity index (χ1n) is 14.0. The molecule has 14 heteroatoms. The third kappa shape index (κ3) is 5.75. The van der Waals surface area contributed by atoms with Crippen molar-refractivity contribution < 1.29 is 28.7 Å². The van der Waals surface area contributed by atoms with Crippen LogP contribution in [-0.2, 0) is 16.0 Å². The van der Waals surface area contributed by atoms with Gasteiger partial charge in [-0.25, -0.2) is 13.9 Å². The van der Waals surface area contributed by atoms with Gasteiger partial charge in [-0.1, -0.05) is 35.0 Å². The van der Waals surface area contributed by atoms with Crippen LogP contribution in [-0.4, -0.2) is 86.8 Å². The number of benzene rings is 3. The Morgan fingerprint density at radius 3 is 2.47 bits per heavy atom. The van der Waals surface area contributed by atoms with Crippen molar-refractivity contribution in [3.8, 4) is 5.69 Å². The first-order chi connectivity index (χ1) is 21.6. The molecule has 0 bridgehead atoms. The molecule has 3 amide bonds. The SMILES string of the molecule is CN1CCN(c2cccc3c2CCN(C(=O)c2cn(-c4cccc(Cl)c4F)nn2)C3C(=O)Nc2ccc(C(=O)O)cc2)C(=O)C1. The highest BCUT2D eigenvalue weighted by Gasteiger charge is 2.39. The molecule has 1 saturated heterocycles. The van der Waals surface area contributed by atoms with E-state index in [1.807, 2.05) is 18.0 Å². The number of anilines is 2. The van der Waals surface area contributed by atoms with Gasteiger partial charge in [-0.15, -0.1) is 5.10 Å². The molecule has 12 nitrogen and oxygen atoms in total. The fraction of sp³-hybridized carbons (Fsp3) is 0.226. The molecule has 2 aliphatic rings. The minimum atomic E-state index is -1.14. The van der Waals surface area contributed by atoms with E-state index in [0.717, 1.165) is 10.2 Å². The summed E-state index contributed by atoms with van der Waals surface area (Å²) in [6.45, 7) is 1.52.